The molecule has 0 unspecified atom stereocenters. The largest absolute Gasteiger partial charge is 0.325 e. The molecule has 0 atom stereocenters. The Morgan fingerprint density at radius 2 is 2.00 bits per heavy atom. The standard InChI is InChI=1S/C13H14ClN3/c14-10-3-5-12(6-4-10)17-13(9-1-2-9)7-11(8-15)16-17/h3-7,9H,1-2,8,15H2. The van der Waals surface area contributed by atoms with E-state index in [1.54, 1.807) is 0 Å². The van der Waals surface area contributed by atoms with Crippen molar-refractivity contribution in [2.24, 2.45) is 5.73 Å². The van der Waals surface area contributed by atoms with Gasteiger partial charge in [-0.05, 0) is 43.2 Å². The zero-order chi connectivity index (χ0) is 11.8. The first-order chi connectivity index (χ1) is 8.28. The van der Waals surface area contributed by atoms with Crippen LogP contribution in [0.1, 0.15) is 30.1 Å². The van der Waals surface area contributed by atoms with Crippen molar-refractivity contribution < 1.29 is 0 Å². The van der Waals surface area contributed by atoms with Gasteiger partial charge in [-0.3, -0.25) is 0 Å². The predicted molar refractivity (Wildman–Crippen MR) is 68.4 cm³/mol. The van der Waals surface area contributed by atoms with Gasteiger partial charge >= 0.3 is 0 Å². The summed E-state index contributed by atoms with van der Waals surface area (Å²) in [5.41, 5.74) is 8.93. The summed E-state index contributed by atoms with van der Waals surface area (Å²) in [4.78, 5) is 0. The van der Waals surface area contributed by atoms with Crippen molar-refractivity contribution in [3.63, 3.8) is 0 Å². The molecule has 2 N–H and O–H groups in total. The smallest absolute Gasteiger partial charge is 0.0767 e. The van der Waals surface area contributed by atoms with Gasteiger partial charge in [0.15, 0.2) is 0 Å². The summed E-state index contributed by atoms with van der Waals surface area (Å²) in [6.07, 6.45) is 2.51. The van der Waals surface area contributed by atoms with Crippen LogP contribution in [-0.4, -0.2) is 9.78 Å². The fourth-order valence-corrected chi connectivity index (χ4v) is 2.13. The Morgan fingerprint density at radius 1 is 1.29 bits per heavy atom. The minimum atomic E-state index is 0.486. The highest BCUT2D eigenvalue weighted by molar-refractivity contribution is 6.30. The van der Waals surface area contributed by atoms with Crippen LogP contribution in [0.2, 0.25) is 5.02 Å². The number of nitrogens with two attached hydrogens (primary N) is 1. The Labute approximate surface area is 105 Å². The molecule has 0 saturated heterocycles. The third kappa shape index (κ3) is 2.08. The minimum absolute atomic E-state index is 0.486. The highest BCUT2D eigenvalue weighted by Crippen LogP contribution is 2.41. The van der Waals surface area contributed by atoms with Crippen LogP contribution in [0, 0.1) is 0 Å². The first kappa shape index (κ1) is 10.8. The fourth-order valence-electron chi connectivity index (χ4n) is 2.01. The molecule has 1 saturated carbocycles. The molecule has 1 heterocycles. The average Bonchev–Trinajstić information content (AvgIpc) is 3.10. The zero-order valence-electron chi connectivity index (χ0n) is 9.44. The van der Waals surface area contributed by atoms with Crippen LogP contribution in [0.3, 0.4) is 0 Å². The van der Waals surface area contributed by atoms with E-state index in [1.165, 1.54) is 18.5 Å². The molecule has 1 aliphatic rings. The summed E-state index contributed by atoms with van der Waals surface area (Å²) < 4.78 is 2.00. The lowest BCUT2D eigenvalue weighted by atomic mass is 10.2. The van der Waals surface area contributed by atoms with Crippen molar-refractivity contribution in [2.75, 3.05) is 0 Å². The summed E-state index contributed by atoms with van der Waals surface area (Å²) in [5, 5.41) is 5.28. The Bertz CT molecular complexity index is 526. The molecular weight excluding hydrogens is 234 g/mol. The maximum absolute atomic E-state index is 5.90. The molecule has 88 valence electrons. The summed E-state index contributed by atoms with van der Waals surface area (Å²) in [7, 11) is 0. The summed E-state index contributed by atoms with van der Waals surface area (Å²) in [5.74, 6) is 0.651. The van der Waals surface area contributed by atoms with Crippen molar-refractivity contribution in [1.82, 2.24) is 9.78 Å². The molecule has 0 spiro atoms. The second kappa shape index (κ2) is 4.17. The SMILES string of the molecule is NCc1cc(C2CC2)n(-c2ccc(Cl)cc2)n1. The summed E-state index contributed by atoms with van der Waals surface area (Å²) >= 11 is 5.90. The second-order valence-corrected chi connectivity index (χ2v) is 4.86. The monoisotopic (exact) mass is 247 g/mol. The fraction of sp³-hybridized carbons (Fsp3) is 0.308. The minimum Gasteiger partial charge on any atom is -0.325 e. The predicted octanol–water partition coefficient (Wildman–Crippen LogP) is 2.86. The van der Waals surface area contributed by atoms with Crippen molar-refractivity contribution in [3.8, 4) is 5.69 Å². The molecule has 1 fully saturated rings. The maximum atomic E-state index is 5.90. The highest BCUT2D eigenvalue weighted by Gasteiger charge is 2.28. The van der Waals surface area contributed by atoms with Gasteiger partial charge in [-0.15, -0.1) is 0 Å². The van der Waals surface area contributed by atoms with E-state index in [0.29, 0.717) is 12.5 Å². The van der Waals surface area contributed by atoms with E-state index in [9.17, 15) is 0 Å². The van der Waals surface area contributed by atoms with Crippen LogP contribution in [0.4, 0.5) is 0 Å². The number of halogens is 1. The highest BCUT2D eigenvalue weighted by atomic mass is 35.5. The van der Waals surface area contributed by atoms with Crippen LogP contribution < -0.4 is 5.73 Å². The third-order valence-corrected chi connectivity index (χ3v) is 3.32. The molecule has 2 aromatic rings. The lowest BCUT2D eigenvalue weighted by molar-refractivity contribution is 0.786. The van der Waals surface area contributed by atoms with Gasteiger partial charge in [0.05, 0.1) is 11.4 Å². The quantitative estimate of drug-likeness (QED) is 0.907. The van der Waals surface area contributed by atoms with Gasteiger partial charge < -0.3 is 5.73 Å². The number of aromatic nitrogens is 2. The molecule has 17 heavy (non-hydrogen) atoms. The second-order valence-electron chi connectivity index (χ2n) is 4.43. The molecule has 3 nitrogen and oxygen atoms in total. The molecule has 0 aliphatic heterocycles. The molecule has 3 rings (SSSR count). The van der Waals surface area contributed by atoms with Crippen LogP contribution in [0.25, 0.3) is 5.69 Å². The van der Waals surface area contributed by atoms with Gasteiger partial charge in [-0.25, -0.2) is 4.68 Å². The molecule has 1 aromatic carbocycles. The van der Waals surface area contributed by atoms with Crippen molar-refractivity contribution in [1.29, 1.82) is 0 Å². The Morgan fingerprint density at radius 3 is 2.59 bits per heavy atom. The molecule has 1 aromatic heterocycles. The van der Waals surface area contributed by atoms with Gasteiger partial charge in [-0.2, -0.15) is 5.10 Å². The number of nitrogens with zero attached hydrogens (tertiary/aromatic N) is 2. The zero-order valence-corrected chi connectivity index (χ0v) is 10.2. The van der Waals surface area contributed by atoms with Gasteiger partial charge in [0.25, 0.3) is 0 Å². The number of rotatable bonds is 3. The first-order valence-electron chi connectivity index (χ1n) is 5.83. The molecule has 1 aliphatic carbocycles. The van der Waals surface area contributed by atoms with E-state index in [2.05, 4.69) is 11.2 Å². The van der Waals surface area contributed by atoms with E-state index in [4.69, 9.17) is 17.3 Å². The van der Waals surface area contributed by atoms with Crippen molar-refractivity contribution in [2.45, 2.75) is 25.3 Å². The van der Waals surface area contributed by atoms with Gasteiger partial charge in [-0.1, -0.05) is 11.6 Å². The molecular formula is C13H14ClN3. The number of hydrogen-bond acceptors (Lipinski definition) is 2. The van der Waals surface area contributed by atoms with Crippen LogP contribution in [0.15, 0.2) is 30.3 Å². The normalized spacial score (nSPS) is 15.2. The summed E-state index contributed by atoms with van der Waals surface area (Å²) in [6.45, 7) is 0.486. The van der Waals surface area contributed by atoms with Crippen LogP contribution >= 0.6 is 11.6 Å². The summed E-state index contributed by atoms with van der Waals surface area (Å²) in [6, 6.07) is 9.87. The number of hydrogen-bond donors (Lipinski definition) is 1. The lowest BCUT2D eigenvalue weighted by Crippen LogP contribution is -2.02. The maximum Gasteiger partial charge on any atom is 0.0767 e. The third-order valence-electron chi connectivity index (χ3n) is 3.06. The van der Waals surface area contributed by atoms with E-state index < -0.39 is 0 Å². The molecule has 4 heteroatoms. The van der Waals surface area contributed by atoms with Gasteiger partial charge in [0, 0.05) is 23.2 Å². The Kier molecular flexibility index (Phi) is 2.65. The van der Waals surface area contributed by atoms with Crippen LogP contribution in [-0.2, 0) is 6.54 Å². The lowest BCUT2D eigenvalue weighted by Gasteiger charge is -2.06. The van der Waals surface area contributed by atoms with E-state index in [1.807, 2.05) is 28.9 Å². The van der Waals surface area contributed by atoms with E-state index >= 15 is 0 Å². The molecule has 0 radical (unpaired) electrons. The van der Waals surface area contributed by atoms with E-state index in [-0.39, 0.29) is 0 Å². The van der Waals surface area contributed by atoms with Crippen LogP contribution in [0.5, 0.6) is 0 Å². The molecule has 0 bridgehead atoms. The number of benzene rings is 1. The molecule has 0 amide bonds. The average molecular weight is 248 g/mol. The Hall–Kier alpha value is -1.32. The Balaban J connectivity index is 2.05. The van der Waals surface area contributed by atoms with Crippen molar-refractivity contribution >= 4 is 11.6 Å². The van der Waals surface area contributed by atoms with Gasteiger partial charge in [0.1, 0.15) is 0 Å². The first-order valence-corrected chi connectivity index (χ1v) is 6.20. The van der Waals surface area contributed by atoms with Crippen molar-refractivity contribution in [3.05, 3.63) is 46.7 Å². The van der Waals surface area contributed by atoms with E-state index in [0.717, 1.165) is 16.4 Å². The topological polar surface area (TPSA) is 43.8 Å². The van der Waals surface area contributed by atoms with Gasteiger partial charge in [0.2, 0.25) is 0 Å².